The quantitative estimate of drug-likeness (QED) is 0.530. The van der Waals surface area contributed by atoms with E-state index in [1.165, 1.54) is 24.1 Å². The molecule has 7 heteroatoms. The van der Waals surface area contributed by atoms with Crippen LogP contribution in [0.5, 0.6) is 0 Å². The molecule has 0 bridgehead atoms. The topological polar surface area (TPSA) is 49.6 Å². The fourth-order valence-corrected chi connectivity index (χ4v) is 5.39. The summed E-state index contributed by atoms with van der Waals surface area (Å²) in [5.74, 6) is 0.0936. The van der Waals surface area contributed by atoms with Gasteiger partial charge in [-0.2, -0.15) is 0 Å². The molecule has 1 fully saturated rings. The van der Waals surface area contributed by atoms with Crippen molar-refractivity contribution in [3.8, 4) is 11.1 Å². The summed E-state index contributed by atoms with van der Waals surface area (Å²) < 4.78 is 0.888. The minimum atomic E-state index is 0.0936. The summed E-state index contributed by atoms with van der Waals surface area (Å²) in [6.45, 7) is 5.01. The minimum Gasteiger partial charge on any atom is -0.710 e. The lowest BCUT2D eigenvalue weighted by molar-refractivity contribution is -0.361. The molecule has 2 unspecified atom stereocenters. The van der Waals surface area contributed by atoms with Gasteiger partial charge in [0.15, 0.2) is 11.5 Å². The first-order valence-electron chi connectivity index (χ1n) is 9.67. The highest BCUT2D eigenvalue weighted by molar-refractivity contribution is 7.14. The van der Waals surface area contributed by atoms with E-state index in [1.54, 1.807) is 0 Å². The van der Waals surface area contributed by atoms with Crippen LogP contribution in [0.2, 0.25) is 5.02 Å². The molecule has 2 atom stereocenters. The van der Waals surface area contributed by atoms with Crippen LogP contribution in [-0.2, 0) is 11.3 Å². The van der Waals surface area contributed by atoms with Gasteiger partial charge in [0.2, 0.25) is 6.34 Å². The van der Waals surface area contributed by atoms with E-state index in [2.05, 4.69) is 13.8 Å². The first-order valence-corrected chi connectivity index (χ1v) is 10.9. The second-order valence-corrected chi connectivity index (χ2v) is 9.01. The van der Waals surface area contributed by atoms with E-state index in [1.807, 2.05) is 39.4 Å². The van der Waals surface area contributed by atoms with Gasteiger partial charge in [-0.15, -0.1) is 11.3 Å². The van der Waals surface area contributed by atoms with Gasteiger partial charge in [-0.25, -0.2) is 4.74 Å². The van der Waals surface area contributed by atoms with Gasteiger partial charge in [-0.3, -0.25) is 9.69 Å². The van der Waals surface area contributed by atoms with Crippen molar-refractivity contribution in [2.45, 2.75) is 51.7 Å². The summed E-state index contributed by atoms with van der Waals surface area (Å²) in [6.07, 6.45) is 4.77. The Morgan fingerprint density at radius 2 is 1.93 bits per heavy atom. The first-order chi connectivity index (χ1) is 13.4. The smallest absolute Gasteiger partial charge is 0.264 e. The monoisotopic (exact) mass is 417 g/mol. The summed E-state index contributed by atoms with van der Waals surface area (Å²) in [5.41, 5.74) is 3.03. The molecular formula is C21H24ClN3O2S. The molecule has 1 amide bonds. The lowest BCUT2D eigenvalue weighted by Crippen LogP contribution is -2.51. The molecule has 5 nitrogen and oxygen atoms in total. The van der Waals surface area contributed by atoms with E-state index < -0.39 is 0 Å². The first kappa shape index (κ1) is 19.3. The molecule has 148 valence electrons. The van der Waals surface area contributed by atoms with E-state index in [0.29, 0.717) is 16.6 Å². The van der Waals surface area contributed by atoms with Crippen LogP contribution in [0.25, 0.3) is 11.1 Å². The lowest BCUT2D eigenvalue weighted by atomic mass is 9.97. The Hall–Kier alpha value is -2.05. The highest BCUT2D eigenvalue weighted by Gasteiger charge is 2.33. The van der Waals surface area contributed by atoms with Gasteiger partial charge in [0.1, 0.15) is 6.54 Å². The van der Waals surface area contributed by atoms with Gasteiger partial charge in [0, 0.05) is 28.0 Å². The predicted molar refractivity (Wildman–Crippen MR) is 114 cm³/mol. The summed E-state index contributed by atoms with van der Waals surface area (Å²) in [6, 6.07) is 8.14. The van der Waals surface area contributed by atoms with Gasteiger partial charge in [0.05, 0.1) is 5.56 Å². The summed E-state index contributed by atoms with van der Waals surface area (Å²) in [7, 11) is 0. The third-order valence-corrected chi connectivity index (χ3v) is 6.93. The Kier molecular flexibility index (Phi) is 5.34. The third-order valence-electron chi connectivity index (χ3n) is 5.68. The van der Waals surface area contributed by atoms with Crippen molar-refractivity contribution in [1.29, 1.82) is 0 Å². The average molecular weight is 418 g/mol. The van der Waals surface area contributed by atoms with Crippen molar-refractivity contribution in [2.75, 3.05) is 6.54 Å². The largest absolute Gasteiger partial charge is 0.710 e. The lowest BCUT2D eigenvalue weighted by Gasteiger charge is -2.39. The zero-order valence-corrected chi connectivity index (χ0v) is 17.7. The number of piperidine rings is 1. The molecule has 0 N–H and O–H groups in total. The Morgan fingerprint density at radius 3 is 2.61 bits per heavy atom. The fourth-order valence-electron chi connectivity index (χ4n) is 4.29. The van der Waals surface area contributed by atoms with Crippen LogP contribution in [-0.4, -0.2) is 45.4 Å². The van der Waals surface area contributed by atoms with Crippen LogP contribution in [0.1, 0.15) is 38.7 Å². The molecule has 3 heterocycles. The zero-order valence-electron chi connectivity index (χ0n) is 16.1. The van der Waals surface area contributed by atoms with Gasteiger partial charge in [-0.05, 0) is 50.8 Å². The van der Waals surface area contributed by atoms with Gasteiger partial charge in [-0.1, -0.05) is 23.7 Å². The number of fused-ring (bicyclic) bond motifs is 1. The van der Waals surface area contributed by atoms with Crippen LogP contribution >= 0.6 is 22.9 Å². The number of carbonyl (C=O) groups is 1. The number of likely N-dealkylation sites (tertiary alicyclic amines) is 1. The Bertz CT molecular complexity index is 899. The maximum absolute atomic E-state index is 13.0. The van der Waals surface area contributed by atoms with E-state index in [9.17, 15) is 10.0 Å². The van der Waals surface area contributed by atoms with Crippen molar-refractivity contribution in [2.24, 2.45) is 0 Å². The minimum absolute atomic E-state index is 0.0936. The van der Waals surface area contributed by atoms with Gasteiger partial charge in [0.25, 0.3) is 5.91 Å². The van der Waals surface area contributed by atoms with Crippen LogP contribution in [0.15, 0.2) is 29.6 Å². The van der Waals surface area contributed by atoms with Gasteiger partial charge >= 0.3 is 0 Å². The van der Waals surface area contributed by atoms with Crippen molar-refractivity contribution in [3.05, 3.63) is 45.4 Å². The molecule has 2 aliphatic rings. The molecule has 28 heavy (non-hydrogen) atoms. The molecule has 1 aromatic heterocycles. The molecule has 1 aromatic carbocycles. The molecule has 4 rings (SSSR count). The maximum Gasteiger partial charge on any atom is 0.264 e. The maximum atomic E-state index is 13.0. The van der Waals surface area contributed by atoms with Crippen LogP contribution in [0, 0.1) is 5.21 Å². The number of hydrogen-bond donors (Lipinski definition) is 0. The Balaban J connectivity index is 1.55. The molecule has 0 aliphatic carbocycles. The Labute approximate surface area is 174 Å². The van der Waals surface area contributed by atoms with Gasteiger partial charge < -0.3 is 10.1 Å². The third kappa shape index (κ3) is 3.63. The van der Waals surface area contributed by atoms with Crippen LogP contribution in [0.3, 0.4) is 0 Å². The number of benzene rings is 1. The number of thiophene rings is 1. The van der Waals surface area contributed by atoms with Crippen LogP contribution in [0.4, 0.5) is 5.00 Å². The molecule has 0 radical (unpaired) electrons. The van der Waals surface area contributed by atoms with Crippen LogP contribution < -0.4 is 0 Å². The molecule has 2 aromatic rings. The number of hydrogen-bond acceptors (Lipinski definition) is 4. The van der Waals surface area contributed by atoms with Crippen molar-refractivity contribution < 1.29 is 9.53 Å². The summed E-state index contributed by atoms with van der Waals surface area (Å²) in [5, 5.41) is 15.9. The predicted octanol–water partition coefficient (Wildman–Crippen LogP) is 4.84. The molecule has 2 aliphatic heterocycles. The number of amides is 1. The van der Waals surface area contributed by atoms with Crippen molar-refractivity contribution in [3.63, 3.8) is 0 Å². The second-order valence-electron chi connectivity index (χ2n) is 7.72. The van der Waals surface area contributed by atoms with E-state index in [-0.39, 0.29) is 24.5 Å². The van der Waals surface area contributed by atoms with Crippen molar-refractivity contribution >= 4 is 40.2 Å². The van der Waals surface area contributed by atoms with E-state index in [0.717, 1.165) is 34.3 Å². The number of halogens is 1. The summed E-state index contributed by atoms with van der Waals surface area (Å²) >= 11 is 7.44. The number of nitrogens with zero attached hydrogens (tertiary/aromatic N) is 3. The molecule has 0 saturated carbocycles. The SMILES string of the molecule is CC1CCCC(C)N1C(=O)CN1C=[N+]([O-])c2scc(-c3ccc(Cl)cc3)c2C1. The zero-order chi connectivity index (χ0) is 19.8. The molecular weight excluding hydrogens is 394 g/mol. The standard InChI is InChI=1S/C21H24ClN3O2S/c1-14-4-3-5-15(2)25(14)20(26)11-23-10-18-19(12-28-21(18)24(27)13-23)16-6-8-17(22)9-7-16/h6-9,12-15H,3-5,10-11H2,1-2H3. The Morgan fingerprint density at radius 1 is 1.25 bits per heavy atom. The normalized spacial score (nSPS) is 22.0. The second kappa shape index (κ2) is 7.76. The average Bonchev–Trinajstić information content (AvgIpc) is 3.06. The number of carbonyl (C=O) groups excluding carboxylic acids is 1. The fraction of sp³-hybridized carbons (Fsp3) is 0.429. The van der Waals surface area contributed by atoms with Crippen molar-refractivity contribution in [1.82, 2.24) is 9.80 Å². The molecule has 0 spiro atoms. The van der Waals surface area contributed by atoms with E-state index >= 15 is 0 Å². The summed E-state index contributed by atoms with van der Waals surface area (Å²) in [4.78, 5) is 16.8. The molecule has 1 saturated heterocycles. The highest BCUT2D eigenvalue weighted by atomic mass is 35.5. The highest BCUT2D eigenvalue weighted by Crippen LogP contribution is 2.39. The number of rotatable bonds is 3. The van der Waals surface area contributed by atoms with E-state index in [4.69, 9.17) is 11.6 Å².